The molecule has 0 aliphatic carbocycles. The molecule has 0 aliphatic rings. The van der Waals surface area contributed by atoms with E-state index in [1.807, 2.05) is 0 Å². The van der Waals surface area contributed by atoms with E-state index >= 15 is 0 Å². The number of pyridine rings is 1. The molecule has 0 aliphatic heterocycles. The number of benzene rings is 1. The van der Waals surface area contributed by atoms with E-state index in [2.05, 4.69) is 10.1 Å². The van der Waals surface area contributed by atoms with E-state index in [1.165, 1.54) is 0 Å². The topological polar surface area (TPSA) is 91.5 Å². The SMILES string of the molecule is N/N=C/c1c(O)c2ccccc2[nH]c1=O. The lowest BCUT2D eigenvalue weighted by molar-refractivity contribution is 0.479. The Kier molecular flexibility index (Phi) is 2.13. The molecular formula is C10H9N3O2. The van der Waals surface area contributed by atoms with Gasteiger partial charge in [-0.3, -0.25) is 4.79 Å². The van der Waals surface area contributed by atoms with Crippen LogP contribution in [-0.4, -0.2) is 16.3 Å². The molecule has 1 aromatic heterocycles. The molecule has 0 atom stereocenters. The Morgan fingerprint density at radius 1 is 1.40 bits per heavy atom. The Morgan fingerprint density at radius 2 is 2.13 bits per heavy atom. The lowest BCUT2D eigenvalue weighted by Gasteiger charge is -2.02. The smallest absolute Gasteiger partial charge is 0.261 e. The third-order valence-corrected chi connectivity index (χ3v) is 2.13. The molecule has 5 heteroatoms. The van der Waals surface area contributed by atoms with E-state index < -0.39 is 5.56 Å². The lowest BCUT2D eigenvalue weighted by atomic mass is 10.1. The molecule has 2 rings (SSSR count). The second-order valence-corrected chi connectivity index (χ2v) is 3.04. The Balaban J connectivity index is 2.90. The van der Waals surface area contributed by atoms with Crippen LogP contribution in [0.3, 0.4) is 0 Å². The number of aromatic amines is 1. The van der Waals surface area contributed by atoms with Crippen molar-refractivity contribution in [3.05, 3.63) is 40.2 Å². The first kappa shape index (κ1) is 9.26. The van der Waals surface area contributed by atoms with Gasteiger partial charge in [0.05, 0.1) is 11.7 Å². The number of hydrogen-bond donors (Lipinski definition) is 3. The summed E-state index contributed by atoms with van der Waals surface area (Å²) < 4.78 is 0. The zero-order chi connectivity index (χ0) is 10.8. The molecule has 0 saturated heterocycles. The summed E-state index contributed by atoms with van der Waals surface area (Å²) >= 11 is 0. The lowest BCUT2D eigenvalue weighted by Crippen LogP contribution is -2.12. The number of fused-ring (bicyclic) bond motifs is 1. The number of nitrogens with one attached hydrogen (secondary N) is 1. The van der Waals surface area contributed by atoms with Gasteiger partial charge in [0.25, 0.3) is 5.56 Å². The molecule has 2 aromatic rings. The van der Waals surface area contributed by atoms with Gasteiger partial charge in [0.2, 0.25) is 0 Å². The van der Waals surface area contributed by atoms with Crippen LogP contribution in [-0.2, 0) is 0 Å². The van der Waals surface area contributed by atoms with Crippen LogP contribution in [0.4, 0.5) is 0 Å². The highest BCUT2D eigenvalue weighted by Crippen LogP contribution is 2.22. The predicted octanol–water partition coefficient (Wildman–Crippen LogP) is 0.526. The highest BCUT2D eigenvalue weighted by Gasteiger charge is 2.08. The molecule has 0 bridgehead atoms. The average Bonchev–Trinajstić information content (AvgIpc) is 2.24. The molecule has 1 aromatic carbocycles. The summed E-state index contributed by atoms with van der Waals surface area (Å²) in [6.45, 7) is 0. The summed E-state index contributed by atoms with van der Waals surface area (Å²) in [5.41, 5.74) is 0.228. The summed E-state index contributed by atoms with van der Waals surface area (Å²) in [6.07, 6.45) is 1.13. The standard InChI is InChI=1S/C10H9N3O2/c11-12-5-7-9(14)6-3-1-2-4-8(6)13-10(7)15/h1-5H,11H2,(H2,13,14,15)/b12-5+. The molecule has 0 unspecified atom stereocenters. The molecule has 15 heavy (non-hydrogen) atoms. The zero-order valence-electron chi connectivity index (χ0n) is 7.77. The van der Waals surface area contributed by atoms with Crippen molar-refractivity contribution in [1.29, 1.82) is 0 Å². The van der Waals surface area contributed by atoms with Crippen LogP contribution in [0.15, 0.2) is 34.2 Å². The van der Waals surface area contributed by atoms with Crippen LogP contribution in [0.25, 0.3) is 10.9 Å². The normalized spacial score (nSPS) is 11.2. The summed E-state index contributed by atoms with van der Waals surface area (Å²) in [7, 11) is 0. The number of hydrogen-bond acceptors (Lipinski definition) is 4. The fourth-order valence-electron chi connectivity index (χ4n) is 1.44. The number of nitrogens with zero attached hydrogens (tertiary/aromatic N) is 1. The van der Waals surface area contributed by atoms with Gasteiger partial charge in [0.1, 0.15) is 11.3 Å². The maximum Gasteiger partial charge on any atom is 0.261 e. The first-order chi connectivity index (χ1) is 7.24. The van der Waals surface area contributed by atoms with Crippen molar-refractivity contribution in [2.75, 3.05) is 0 Å². The van der Waals surface area contributed by atoms with Crippen molar-refractivity contribution in [1.82, 2.24) is 4.98 Å². The molecule has 0 fully saturated rings. The number of H-pyrrole nitrogens is 1. The summed E-state index contributed by atoms with van der Waals surface area (Å²) in [6, 6.07) is 6.95. The highest BCUT2D eigenvalue weighted by atomic mass is 16.3. The number of hydrazone groups is 1. The Morgan fingerprint density at radius 3 is 2.87 bits per heavy atom. The molecular weight excluding hydrogens is 194 g/mol. The average molecular weight is 203 g/mol. The molecule has 76 valence electrons. The van der Waals surface area contributed by atoms with Crippen molar-refractivity contribution in [2.24, 2.45) is 10.9 Å². The number of para-hydroxylation sites is 1. The summed E-state index contributed by atoms with van der Waals surface area (Å²) in [5, 5.41) is 13.6. The molecule has 0 saturated carbocycles. The van der Waals surface area contributed by atoms with Gasteiger partial charge in [0, 0.05) is 5.39 Å². The van der Waals surface area contributed by atoms with E-state index in [1.54, 1.807) is 24.3 Å². The molecule has 4 N–H and O–H groups in total. The van der Waals surface area contributed by atoms with Gasteiger partial charge >= 0.3 is 0 Å². The Labute approximate surface area is 84.9 Å². The molecule has 0 spiro atoms. The summed E-state index contributed by atoms with van der Waals surface area (Å²) in [4.78, 5) is 14.1. The number of rotatable bonds is 1. The minimum Gasteiger partial charge on any atom is -0.506 e. The van der Waals surface area contributed by atoms with Crippen LogP contribution < -0.4 is 11.4 Å². The van der Waals surface area contributed by atoms with Crippen LogP contribution in [0, 0.1) is 0 Å². The molecule has 5 nitrogen and oxygen atoms in total. The minimum absolute atomic E-state index is 0.0659. The second kappa shape index (κ2) is 3.45. The fourth-order valence-corrected chi connectivity index (χ4v) is 1.44. The third-order valence-electron chi connectivity index (χ3n) is 2.13. The number of nitrogens with two attached hydrogens (primary N) is 1. The molecule has 0 amide bonds. The van der Waals surface area contributed by atoms with Gasteiger partial charge in [-0.25, -0.2) is 0 Å². The highest BCUT2D eigenvalue weighted by molar-refractivity contribution is 5.94. The van der Waals surface area contributed by atoms with E-state index in [9.17, 15) is 9.90 Å². The first-order valence-electron chi connectivity index (χ1n) is 4.31. The molecule has 1 heterocycles. The van der Waals surface area contributed by atoms with E-state index in [-0.39, 0.29) is 11.3 Å². The monoisotopic (exact) mass is 203 g/mol. The third kappa shape index (κ3) is 1.43. The van der Waals surface area contributed by atoms with E-state index in [0.717, 1.165) is 6.21 Å². The van der Waals surface area contributed by atoms with Crippen molar-refractivity contribution in [3.8, 4) is 5.75 Å². The van der Waals surface area contributed by atoms with E-state index in [0.29, 0.717) is 10.9 Å². The van der Waals surface area contributed by atoms with Gasteiger partial charge in [-0.15, -0.1) is 0 Å². The quantitative estimate of drug-likeness (QED) is 0.358. The van der Waals surface area contributed by atoms with Crippen molar-refractivity contribution < 1.29 is 5.11 Å². The maximum atomic E-state index is 11.5. The van der Waals surface area contributed by atoms with Gasteiger partial charge in [-0.1, -0.05) is 12.1 Å². The van der Waals surface area contributed by atoms with Crippen LogP contribution in [0.1, 0.15) is 5.56 Å². The van der Waals surface area contributed by atoms with Crippen molar-refractivity contribution >= 4 is 17.1 Å². The number of aromatic hydroxyl groups is 1. The Hall–Kier alpha value is -2.30. The van der Waals surface area contributed by atoms with E-state index in [4.69, 9.17) is 5.84 Å². The van der Waals surface area contributed by atoms with Crippen molar-refractivity contribution in [3.63, 3.8) is 0 Å². The van der Waals surface area contributed by atoms with Gasteiger partial charge in [-0.05, 0) is 12.1 Å². The fraction of sp³-hybridized carbons (Fsp3) is 0. The largest absolute Gasteiger partial charge is 0.506 e. The predicted molar refractivity (Wildman–Crippen MR) is 58.0 cm³/mol. The van der Waals surface area contributed by atoms with Crippen molar-refractivity contribution in [2.45, 2.75) is 0 Å². The van der Waals surface area contributed by atoms with Crippen LogP contribution in [0.5, 0.6) is 5.75 Å². The van der Waals surface area contributed by atoms with Crippen LogP contribution >= 0.6 is 0 Å². The van der Waals surface area contributed by atoms with Gasteiger partial charge in [0.15, 0.2) is 0 Å². The Bertz CT molecular complexity index is 587. The van der Waals surface area contributed by atoms with Gasteiger partial charge < -0.3 is 15.9 Å². The summed E-state index contributed by atoms with van der Waals surface area (Å²) in [5.74, 6) is 4.84. The zero-order valence-corrected chi connectivity index (χ0v) is 7.77. The second-order valence-electron chi connectivity index (χ2n) is 3.04. The first-order valence-corrected chi connectivity index (χ1v) is 4.31. The minimum atomic E-state index is -0.416. The molecule has 0 radical (unpaired) electrons. The van der Waals surface area contributed by atoms with Crippen LogP contribution in [0.2, 0.25) is 0 Å². The van der Waals surface area contributed by atoms with Gasteiger partial charge in [-0.2, -0.15) is 5.10 Å². The number of aromatic nitrogens is 1. The maximum absolute atomic E-state index is 11.5.